The van der Waals surface area contributed by atoms with E-state index in [-0.39, 0.29) is 30.2 Å². The lowest BCUT2D eigenvalue weighted by molar-refractivity contribution is -0.136. The molecule has 0 aromatic heterocycles. The lowest BCUT2D eigenvalue weighted by Crippen LogP contribution is -2.52. The minimum atomic E-state index is -0.569. The van der Waals surface area contributed by atoms with Crippen molar-refractivity contribution in [3.63, 3.8) is 0 Å². The molecule has 0 radical (unpaired) electrons. The third-order valence-corrected chi connectivity index (χ3v) is 4.97. The Morgan fingerprint density at radius 2 is 2.08 bits per heavy atom. The summed E-state index contributed by atoms with van der Waals surface area (Å²) in [6, 6.07) is 5.72. The van der Waals surface area contributed by atoms with Crippen molar-refractivity contribution >= 4 is 17.7 Å². The predicted octanol–water partition coefficient (Wildman–Crippen LogP) is 0.663. The van der Waals surface area contributed by atoms with Crippen LogP contribution in [0, 0.1) is 0 Å². The molecule has 140 valence electrons. The number of carbonyl (C=O) groups excluding carboxylic acids is 3. The summed E-state index contributed by atoms with van der Waals surface area (Å²) in [5.41, 5.74) is 8.41. The van der Waals surface area contributed by atoms with Gasteiger partial charge in [0.2, 0.25) is 11.8 Å². The van der Waals surface area contributed by atoms with Crippen molar-refractivity contribution < 1.29 is 14.4 Å². The van der Waals surface area contributed by atoms with E-state index in [1.165, 1.54) is 0 Å². The highest BCUT2D eigenvalue weighted by Gasteiger charge is 2.39. The fourth-order valence-electron chi connectivity index (χ4n) is 3.64. The molecule has 1 aromatic carbocycles. The third kappa shape index (κ3) is 3.94. The van der Waals surface area contributed by atoms with E-state index in [0.717, 1.165) is 17.5 Å². The number of fused-ring (bicyclic) bond motifs is 1. The normalized spacial score (nSPS) is 22.2. The van der Waals surface area contributed by atoms with Crippen LogP contribution < -0.4 is 16.4 Å². The van der Waals surface area contributed by atoms with Crippen LogP contribution in [-0.4, -0.2) is 40.7 Å². The van der Waals surface area contributed by atoms with Gasteiger partial charge in [-0.15, -0.1) is 0 Å². The highest BCUT2D eigenvalue weighted by atomic mass is 16.2. The summed E-state index contributed by atoms with van der Waals surface area (Å²) in [4.78, 5) is 37.8. The topological polar surface area (TPSA) is 105 Å². The maximum Gasteiger partial charge on any atom is 0.255 e. The number of amides is 3. The van der Waals surface area contributed by atoms with Gasteiger partial charge >= 0.3 is 0 Å². The van der Waals surface area contributed by atoms with E-state index in [1.54, 1.807) is 4.90 Å². The molecule has 26 heavy (non-hydrogen) atoms. The van der Waals surface area contributed by atoms with E-state index >= 15 is 0 Å². The summed E-state index contributed by atoms with van der Waals surface area (Å²) in [7, 11) is 0. The van der Waals surface area contributed by atoms with Crippen LogP contribution in [0.4, 0.5) is 0 Å². The molecule has 0 bridgehead atoms. The minimum absolute atomic E-state index is 0.139. The standard InChI is InChI=1S/C19H26N4O3/c1-11(20)7-12(2)21-9-13-3-4-14-10-23(19(26)15(14)8-13)16-5-6-17(24)22-18(16)25/h3-4,8,11-12,16,21H,5-7,9-10,20H2,1-2H3,(H,22,24,25). The molecule has 2 heterocycles. The molecule has 1 aromatic rings. The van der Waals surface area contributed by atoms with E-state index in [0.29, 0.717) is 31.1 Å². The number of hydrogen-bond acceptors (Lipinski definition) is 5. The number of nitrogens with one attached hydrogen (secondary N) is 2. The highest BCUT2D eigenvalue weighted by molar-refractivity contribution is 6.05. The van der Waals surface area contributed by atoms with Gasteiger partial charge in [-0.1, -0.05) is 12.1 Å². The van der Waals surface area contributed by atoms with E-state index < -0.39 is 6.04 Å². The summed E-state index contributed by atoms with van der Waals surface area (Å²) in [5, 5.41) is 5.74. The van der Waals surface area contributed by atoms with Crippen molar-refractivity contribution in [1.82, 2.24) is 15.5 Å². The summed E-state index contributed by atoms with van der Waals surface area (Å²) in [6.07, 6.45) is 1.53. The smallest absolute Gasteiger partial charge is 0.255 e. The monoisotopic (exact) mass is 358 g/mol. The minimum Gasteiger partial charge on any atom is -0.328 e. The van der Waals surface area contributed by atoms with Crippen molar-refractivity contribution in [2.24, 2.45) is 5.73 Å². The van der Waals surface area contributed by atoms with E-state index in [2.05, 4.69) is 17.6 Å². The molecule has 3 atom stereocenters. The molecule has 3 rings (SSSR count). The van der Waals surface area contributed by atoms with E-state index in [1.807, 2.05) is 25.1 Å². The molecule has 0 spiro atoms. The van der Waals surface area contributed by atoms with Crippen molar-refractivity contribution in [3.8, 4) is 0 Å². The Bertz CT molecular complexity index is 731. The number of rotatable bonds is 6. The molecular formula is C19H26N4O3. The number of imide groups is 1. The number of nitrogens with zero attached hydrogens (tertiary/aromatic N) is 1. The Hall–Kier alpha value is -2.25. The predicted molar refractivity (Wildman–Crippen MR) is 97.1 cm³/mol. The number of nitrogens with two attached hydrogens (primary N) is 1. The molecule has 1 saturated heterocycles. The van der Waals surface area contributed by atoms with Gasteiger partial charge < -0.3 is 16.0 Å². The van der Waals surface area contributed by atoms with Gasteiger partial charge in [-0.05, 0) is 43.9 Å². The Balaban J connectivity index is 1.67. The molecule has 4 N–H and O–H groups in total. The molecule has 2 aliphatic heterocycles. The van der Waals surface area contributed by atoms with Crippen LogP contribution in [0.2, 0.25) is 0 Å². The van der Waals surface area contributed by atoms with Crippen molar-refractivity contribution in [2.75, 3.05) is 0 Å². The molecule has 7 nitrogen and oxygen atoms in total. The van der Waals surface area contributed by atoms with Crippen LogP contribution in [0.3, 0.4) is 0 Å². The number of carbonyl (C=O) groups is 3. The molecule has 0 saturated carbocycles. The fraction of sp³-hybridized carbons (Fsp3) is 0.526. The van der Waals surface area contributed by atoms with Gasteiger partial charge in [0.1, 0.15) is 6.04 Å². The maximum absolute atomic E-state index is 12.8. The second-order valence-electron chi connectivity index (χ2n) is 7.39. The van der Waals surface area contributed by atoms with Gasteiger partial charge in [0.05, 0.1) is 0 Å². The average molecular weight is 358 g/mol. The third-order valence-electron chi connectivity index (χ3n) is 4.97. The fourth-order valence-corrected chi connectivity index (χ4v) is 3.64. The largest absolute Gasteiger partial charge is 0.328 e. The number of piperidine rings is 1. The molecular weight excluding hydrogens is 332 g/mol. The van der Waals surface area contributed by atoms with Gasteiger partial charge in [-0.3, -0.25) is 19.7 Å². The number of hydrogen-bond donors (Lipinski definition) is 3. The van der Waals surface area contributed by atoms with E-state index in [9.17, 15) is 14.4 Å². The van der Waals surface area contributed by atoms with Crippen molar-refractivity contribution in [2.45, 2.75) is 64.3 Å². The Morgan fingerprint density at radius 3 is 2.77 bits per heavy atom. The van der Waals surface area contributed by atoms with Crippen LogP contribution in [0.5, 0.6) is 0 Å². The molecule has 3 amide bonds. The molecule has 7 heteroatoms. The van der Waals surface area contributed by atoms with Gasteiger partial charge in [0.15, 0.2) is 0 Å². The summed E-state index contributed by atoms with van der Waals surface area (Å²) in [6.45, 7) is 5.14. The van der Waals surface area contributed by atoms with Crippen molar-refractivity contribution in [1.29, 1.82) is 0 Å². The van der Waals surface area contributed by atoms with E-state index in [4.69, 9.17) is 5.73 Å². The van der Waals surface area contributed by atoms with Crippen LogP contribution >= 0.6 is 0 Å². The second-order valence-corrected chi connectivity index (χ2v) is 7.39. The van der Waals surface area contributed by atoms with Crippen LogP contribution in [0.15, 0.2) is 18.2 Å². The van der Waals surface area contributed by atoms with Gasteiger partial charge in [-0.2, -0.15) is 0 Å². The zero-order valence-corrected chi connectivity index (χ0v) is 15.2. The zero-order chi connectivity index (χ0) is 18.8. The SMILES string of the molecule is CC(N)CC(C)NCc1ccc2c(c1)C(=O)N(C1CCC(=O)NC1=O)C2. The lowest BCUT2D eigenvalue weighted by Gasteiger charge is -2.29. The Kier molecular flexibility index (Phi) is 5.38. The van der Waals surface area contributed by atoms with Gasteiger partial charge in [0.25, 0.3) is 5.91 Å². The summed E-state index contributed by atoms with van der Waals surface area (Å²) < 4.78 is 0. The first-order chi connectivity index (χ1) is 12.3. The molecule has 3 unspecified atom stereocenters. The summed E-state index contributed by atoms with van der Waals surface area (Å²) >= 11 is 0. The Labute approximate surface area is 153 Å². The average Bonchev–Trinajstić information content (AvgIpc) is 2.89. The van der Waals surface area contributed by atoms with Crippen LogP contribution in [-0.2, 0) is 22.7 Å². The molecule has 0 aliphatic carbocycles. The number of benzene rings is 1. The highest BCUT2D eigenvalue weighted by Crippen LogP contribution is 2.28. The van der Waals surface area contributed by atoms with Crippen LogP contribution in [0.1, 0.15) is 54.6 Å². The molecule has 1 fully saturated rings. The van der Waals surface area contributed by atoms with Crippen molar-refractivity contribution in [3.05, 3.63) is 34.9 Å². The quantitative estimate of drug-likeness (QED) is 0.648. The Morgan fingerprint density at radius 1 is 1.31 bits per heavy atom. The maximum atomic E-state index is 12.8. The van der Waals surface area contributed by atoms with Crippen LogP contribution in [0.25, 0.3) is 0 Å². The van der Waals surface area contributed by atoms with Gasteiger partial charge in [0, 0.05) is 37.2 Å². The first-order valence-electron chi connectivity index (χ1n) is 9.10. The zero-order valence-electron chi connectivity index (χ0n) is 15.2. The summed E-state index contributed by atoms with van der Waals surface area (Å²) in [5.74, 6) is -0.793. The van der Waals surface area contributed by atoms with Gasteiger partial charge in [-0.25, -0.2) is 0 Å². The lowest BCUT2D eigenvalue weighted by atomic mass is 10.0. The second kappa shape index (κ2) is 7.55. The first-order valence-corrected chi connectivity index (χ1v) is 9.10. The molecule has 2 aliphatic rings. The first kappa shape index (κ1) is 18.5.